The number of carboxylic acids is 1. The third-order valence-corrected chi connectivity index (χ3v) is 6.07. The summed E-state index contributed by atoms with van der Waals surface area (Å²) in [5, 5.41) is 9.44. The summed E-state index contributed by atoms with van der Waals surface area (Å²) in [4.78, 5) is 35.1. The van der Waals surface area contributed by atoms with Gasteiger partial charge in [0.2, 0.25) is 13.3 Å². The van der Waals surface area contributed by atoms with E-state index in [2.05, 4.69) is 0 Å². The lowest BCUT2D eigenvalue weighted by Gasteiger charge is -2.26. The maximum atomic E-state index is 12.4. The second kappa shape index (κ2) is 6.63. The normalized spacial score (nSPS) is 22.1. The summed E-state index contributed by atoms with van der Waals surface area (Å²) < 4.78 is 12.4. The molecule has 1 fully saturated rings. The number of nitrogens with zero attached hydrogens (tertiary/aromatic N) is 1. The van der Waals surface area contributed by atoms with Gasteiger partial charge in [0.25, 0.3) is 0 Å². The number of likely N-dealkylation sites (tertiary alicyclic amines) is 1. The molecule has 0 aliphatic carbocycles. The minimum Gasteiger partial charge on any atom is -0.480 e. The molecule has 1 amide bonds. The molecule has 2 N–H and O–H groups in total. The average Bonchev–Trinajstić information content (AvgIpc) is 2.96. The second-order valence-corrected chi connectivity index (χ2v) is 7.93. The van der Waals surface area contributed by atoms with Crippen LogP contribution in [0, 0.1) is 5.92 Å². The molecule has 0 spiro atoms. The fourth-order valence-electron chi connectivity index (χ4n) is 2.79. The maximum absolute atomic E-state index is 12.4. The number of hydrogen-bond donors (Lipinski definition) is 2. The summed E-state index contributed by atoms with van der Waals surface area (Å²) in [5.41, 5.74) is 0. The standard InChI is InChI=1S/C15H20NO5P/c1-11(10-22(20,21)12-6-3-2-4-7-12)14(17)16-9-5-8-13(16)15(18)19/h2-4,6-7,11,13H,5,8-10H2,1H3,(H,18,19)(H,20,21)/t11?,13-/m0/s1. The Morgan fingerprint density at radius 1 is 1.36 bits per heavy atom. The Morgan fingerprint density at radius 3 is 2.59 bits per heavy atom. The summed E-state index contributed by atoms with van der Waals surface area (Å²) in [7, 11) is -3.63. The molecule has 6 nitrogen and oxygen atoms in total. The first-order chi connectivity index (χ1) is 10.3. The average molecular weight is 325 g/mol. The Morgan fingerprint density at radius 2 is 2.00 bits per heavy atom. The van der Waals surface area contributed by atoms with Gasteiger partial charge in [-0.15, -0.1) is 0 Å². The molecule has 1 aromatic carbocycles. The van der Waals surface area contributed by atoms with Gasteiger partial charge in [0.05, 0.1) is 0 Å². The van der Waals surface area contributed by atoms with Crippen molar-refractivity contribution >= 4 is 24.5 Å². The van der Waals surface area contributed by atoms with Crippen molar-refractivity contribution in [2.75, 3.05) is 12.7 Å². The molecule has 1 aliphatic heterocycles. The SMILES string of the molecule is CC(CP(=O)(O)c1ccccc1)C(=O)N1CCC[C@H]1C(=O)O. The van der Waals surface area contributed by atoms with E-state index in [1.54, 1.807) is 37.3 Å². The Bertz CT molecular complexity index is 603. The molecule has 1 heterocycles. The molecule has 22 heavy (non-hydrogen) atoms. The predicted molar refractivity (Wildman–Crippen MR) is 82.3 cm³/mol. The smallest absolute Gasteiger partial charge is 0.326 e. The minimum atomic E-state index is -3.63. The van der Waals surface area contributed by atoms with Gasteiger partial charge in [0.15, 0.2) is 0 Å². The topological polar surface area (TPSA) is 94.9 Å². The van der Waals surface area contributed by atoms with Crippen molar-refractivity contribution < 1.29 is 24.2 Å². The summed E-state index contributed by atoms with van der Waals surface area (Å²) in [6.45, 7) is 1.96. The lowest BCUT2D eigenvalue weighted by Crippen LogP contribution is -2.43. The molecule has 0 bridgehead atoms. The highest BCUT2D eigenvalue weighted by Crippen LogP contribution is 2.41. The van der Waals surface area contributed by atoms with E-state index in [9.17, 15) is 19.0 Å². The van der Waals surface area contributed by atoms with Gasteiger partial charge in [-0.2, -0.15) is 0 Å². The molecule has 2 rings (SSSR count). The molecule has 3 atom stereocenters. The van der Waals surface area contributed by atoms with E-state index in [4.69, 9.17) is 5.11 Å². The molecule has 7 heteroatoms. The minimum absolute atomic E-state index is 0.182. The van der Waals surface area contributed by atoms with Gasteiger partial charge in [0, 0.05) is 23.9 Å². The van der Waals surface area contributed by atoms with Crippen molar-refractivity contribution in [2.45, 2.75) is 25.8 Å². The quantitative estimate of drug-likeness (QED) is 0.796. The fourth-order valence-corrected chi connectivity index (χ4v) is 4.53. The maximum Gasteiger partial charge on any atom is 0.326 e. The van der Waals surface area contributed by atoms with Gasteiger partial charge in [0.1, 0.15) is 6.04 Å². The van der Waals surface area contributed by atoms with Crippen molar-refractivity contribution in [1.82, 2.24) is 4.90 Å². The van der Waals surface area contributed by atoms with E-state index < -0.39 is 25.3 Å². The van der Waals surface area contributed by atoms with Crippen LogP contribution in [-0.2, 0) is 14.2 Å². The van der Waals surface area contributed by atoms with E-state index in [0.29, 0.717) is 24.7 Å². The summed E-state index contributed by atoms with van der Waals surface area (Å²) in [6.07, 6.45) is 0.896. The third kappa shape index (κ3) is 3.57. The third-order valence-electron chi connectivity index (χ3n) is 3.92. The van der Waals surface area contributed by atoms with E-state index in [1.807, 2.05) is 0 Å². The van der Waals surface area contributed by atoms with Crippen LogP contribution in [-0.4, -0.2) is 45.5 Å². The highest BCUT2D eigenvalue weighted by molar-refractivity contribution is 7.66. The monoisotopic (exact) mass is 325 g/mol. The van der Waals surface area contributed by atoms with Gasteiger partial charge < -0.3 is 14.9 Å². The number of benzene rings is 1. The summed E-state index contributed by atoms with van der Waals surface area (Å²) in [6, 6.07) is 7.41. The Hall–Kier alpha value is -1.65. The van der Waals surface area contributed by atoms with E-state index in [0.717, 1.165) is 0 Å². The van der Waals surface area contributed by atoms with Crippen LogP contribution in [0.25, 0.3) is 0 Å². The Labute approximate surface area is 129 Å². The molecule has 1 aromatic rings. The van der Waals surface area contributed by atoms with E-state index >= 15 is 0 Å². The van der Waals surface area contributed by atoms with Crippen LogP contribution in [0.2, 0.25) is 0 Å². The van der Waals surface area contributed by atoms with Crippen LogP contribution in [0.5, 0.6) is 0 Å². The van der Waals surface area contributed by atoms with Crippen molar-refractivity contribution in [2.24, 2.45) is 5.92 Å². The van der Waals surface area contributed by atoms with Crippen LogP contribution in [0.3, 0.4) is 0 Å². The van der Waals surface area contributed by atoms with E-state index in [1.165, 1.54) is 4.90 Å². The summed E-state index contributed by atoms with van der Waals surface area (Å²) in [5.74, 6) is -2.08. The predicted octanol–water partition coefficient (Wildman–Crippen LogP) is 1.29. The molecular weight excluding hydrogens is 305 g/mol. The lowest BCUT2D eigenvalue weighted by atomic mass is 10.1. The zero-order valence-corrected chi connectivity index (χ0v) is 13.3. The molecule has 2 unspecified atom stereocenters. The lowest BCUT2D eigenvalue weighted by molar-refractivity contribution is -0.149. The Balaban J connectivity index is 2.08. The van der Waals surface area contributed by atoms with Gasteiger partial charge >= 0.3 is 5.97 Å². The first-order valence-corrected chi connectivity index (χ1v) is 9.08. The zero-order chi connectivity index (χ0) is 16.3. The number of carbonyl (C=O) groups is 2. The molecule has 1 aliphatic rings. The zero-order valence-electron chi connectivity index (χ0n) is 12.4. The number of aliphatic carboxylic acids is 1. The first-order valence-electron chi connectivity index (χ1n) is 7.23. The van der Waals surface area contributed by atoms with Gasteiger partial charge in [-0.05, 0) is 25.0 Å². The van der Waals surface area contributed by atoms with E-state index in [-0.39, 0.29) is 12.1 Å². The van der Waals surface area contributed by atoms with Crippen LogP contribution in [0.15, 0.2) is 30.3 Å². The van der Waals surface area contributed by atoms with Crippen molar-refractivity contribution in [3.63, 3.8) is 0 Å². The molecule has 0 aromatic heterocycles. The molecule has 120 valence electrons. The molecule has 0 radical (unpaired) electrons. The largest absolute Gasteiger partial charge is 0.480 e. The number of carbonyl (C=O) groups excluding carboxylic acids is 1. The first kappa shape index (κ1) is 16.7. The van der Waals surface area contributed by atoms with Crippen molar-refractivity contribution in [3.8, 4) is 0 Å². The summed E-state index contributed by atoms with van der Waals surface area (Å²) >= 11 is 0. The van der Waals surface area contributed by atoms with Crippen LogP contribution < -0.4 is 5.30 Å². The Kier molecular flexibility index (Phi) is 5.04. The number of carboxylic acid groups (broad SMARTS) is 1. The number of rotatable bonds is 5. The molecular formula is C15H20NO5P. The van der Waals surface area contributed by atoms with Crippen molar-refractivity contribution in [3.05, 3.63) is 30.3 Å². The van der Waals surface area contributed by atoms with Gasteiger partial charge in [-0.3, -0.25) is 9.36 Å². The van der Waals surface area contributed by atoms with Gasteiger partial charge in [-0.1, -0.05) is 25.1 Å². The highest BCUT2D eigenvalue weighted by atomic mass is 31.2. The van der Waals surface area contributed by atoms with Crippen molar-refractivity contribution in [1.29, 1.82) is 0 Å². The highest BCUT2D eigenvalue weighted by Gasteiger charge is 2.37. The molecule has 1 saturated heterocycles. The van der Waals surface area contributed by atoms with Crippen LogP contribution in [0.1, 0.15) is 19.8 Å². The molecule has 0 saturated carbocycles. The second-order valence-electron chi connectivity index (χ2n) is 5.65. The van der Waals surface area contributed by atoms with Crippen LogP contribution >= 0.6 is 7.37 Å². The number of hydrogen-bond acceptors (Lipinski definition) is 3. The fraction of sp³-hybridized carbons (Fsp3) is 0.467. The van der Waals surface area contributed by atoms with Crippen LogP contribution in [0.4, 0.5) is 0 Å². The number of amides is 1. The van der Waals surface area contributed by atoms with Gasteiger partial charge in [-0.25, -0.2) is 4.79 Å².